The van der Waals surface area contributed by atoms with Gasteiger partial charge in [-0.1, -0.05) is 18.2 Å². The molecule has 5 aromatic rings. The van der Waals surface area contributed by atoms with Crippen LogP contribution >= 0.6 is 0 Å². The van der Waals surface area contributed by atoms with Crippen LogP contribution in [-0.4, -0.2) is 19.7 Å². The third kappa shape index (κ3) is 4.09. The number of furan rings is 1. The quantitative estimate of drug-likeness (QED) is 0.351. The van der Waals surface area contributed by atoms with E-state index in [0.717, 1.165) is 27.6 Å². The average Bonchev–Trinajstić information content (AvgIpc) is 3.39. The number of rotatable bonds is 5. The maximum Gasteiger partial charge on any atom is 0.169 e. The molecule has 166 valence electrons. The lowest BCUT2D eigenvalue weighted by Crippen LogP contribution is -2.09. The Kier molecular flexibility index (Phi) is 5.17. The lowest BCUT2D eigenvalue weighted by Gasteiger charge is -2.17. The van der Waals surface area contributed by atoms with E-state index in [1.807, 2.05) is 51.5 Å². The van der Waals surface area contributed by atoms with Gasteiger partial charge in [-0.2, -0.15) is 5.10 Å². The van der Waals surface area contributed by atoms with E-state index in [1.165, 1.54) is 6.07 Å². The highest BCUT2D eigenvalue weighted by Crippen LogP contribution is 2.31. The first-order chi connectivity index (χ1) is 15.9. The van der Waals surface area contributed by atoms with E-state index < -0.39 is 5.82 Å². The van der Waals surface area contributed by atoms with Crippen molar-refractivity contribution in [2.45, 2.75) is 26.8 Å². The molecule has 33 heavy (non-hydrogen) atoms. The first-order valence-corrected chi connectivity index (χ1v) is 10.8. The second kappa shape index (κ2) is 8.16. The number of aromatic nitrogens is 4. The number of halogens is 1. The van der Waals surface area contributed by atoms with Crippen molar-refractivity contribution in [3.8, 4) is 22.4 Å². The predicted molar refractivity (Wildman–Crippen MR) is 127 cm³/mol. The topological polar surface area (TPSA) is 68.8 Å². The summed E-state index contributed by atoms with van der Waals surface area (Å²) in [5.74, 6) is 0.888. The van der Waals surface area contributed by atoms with Crippen LogP contribution in [0.1, 0.15) is 29.9 Å². The number of anilines is 1. The summed E-state index contributed by atoms with van der Waals surface area (Å²) in [4.78, 5) is 9.10. The summed E-state index contributed by atoms with van der Waals surface area (Å²) in [6, 6.07) is 13.6. The number of benzene rings is 2. The van der Waals surface area contributed by atoms with Crippen LogP contribution in [0.3, 0.4) is 0 Å². The minimum absolute atomic E-state index is 0.000828. The van der Waals surface area contributed by atoms with Gasteiger partial charge < -0.3 is 9.73 Å². The highest BCUT2D eigenvalue weighted by Gasteiger charge is 2.14. The van der Waals surface area contributed by atoms with Crippen LogP contribution in [0, 0.1) is 19.7 Å². The van der Waals surface area contributed by atoms with Crippen molar-refractivity contribution in [3.63, 3.8) is 0 Å². The van der Waals surface area contributed by atoms with Gasteiger partial charge in [0.2, 0.25) is 0 Å². The van der Waals surface area contributed by atoms with Crippen LogP contribution in [0.4, 0.5) is 10.2 Å². The van der Waals surface area contributed by atoms with Gasteiger partial charge in [-0.15, -0.1) is 0 Å². The van der Waals surface area contributed by atoms with Gasteiger partial charge in [0.25, 0.3) is 0 Å². The third-order valence-corrected chi connectivity index (χ3v) is 5.74. The lowest BCUT2D eigenvalue weighted by molar-refractivity contribution is 0.559. The Morgan fingerprint density at radius 3 is 2.67 bits per heavy atom. The van der Waals surface area contributed by atoms with Gasteiger partial charge in [0.1, 0.15) is 11.6 Å². The molecule has 1 N–H and O–H groups in total. The van der Waals surface area contributed by atoms with Gasteiger partial charge in [0.05, 0.1) is 18.2 Å². The second-order valence-corrected chi connectivity index (χ2v) is 8.33. The first-order valence-electron chi connectivity index (χ1n) is 10.8. The molecule has 0 bridgehead atoms. The van der Waals surface area contributed by atoms with Crippen LogP contribution in [0.15, 0.2) is 65.5 Å². The molecule has 2 aromatic carbocycles. The number of nitrogens with one attached hydrogen (secondary N) is 1. The van der Waals surface area contributed by atoms with Crippen molar-refractivity contribution in [2.24, 2.45) is 7.05 Å². The van der Waals surface area contributed by atoms with Gasteiger partial charge in [-0.05, 0) is 55.7 Å². The summed E-state index contributed by atoms with van der Waals surface area (Å²) >= 11 is 0. The molecule has 5 rings (SSSR count). The van der Waals surface area contributed by atoms with Gasteiger partial charge >= 0.3 is 0 Å². The SMILES string of the molecule is Cc1nc(N[C@@H](C)c2cccc(-c3cnn(C)c3)c2)cc(-c2cc(F)c3occ(C)c3c2)n1. The summed E-state index contributed by atoms with van der Waals surface area (Å²) in [6.45, 7) is 5.81. The third-order valence-electron chi connectivity index (χ3n) is 5.74. The molecule has 0 spiro atoms. The van der Waals surface area contributed by atoms with Crippen LogP contribution in [-0.2, 0) is 7.05 Å². The Labute approximate surface area is 191 Å². The van der Waals surface area contributed by atoms with Gasteiger partial charge in [-0.3, -0.25) is 4.68 Å². The van der Waals surface area contributed by atoms with E-state index in [0.29, 0.717) is 22.9 Å². The summed E-state index contributed by atoms with van der Waals surface area (Å²) in [6.07, 6.45) is 5.42. The van der Waals surface area contributed by atoms with Crippen molar-refractivity contribution in [3.05, 3.63) is 83.9 Å². The van der Waals surface area contributed by atoms with Crippen molar-refractivity contribution in [2.75, 3.05) is 5.32 Å². The lowest BCUT2D eigenvalue weighted by atomic mass is 10.0. The Morgan fingerprint density at radius 2 is 1.88 bits per heavy atom. The van der Waals surface area contributed by atoms with E-state index in [2.05, 4.69) is 45.5 Å². The number of nitrogens with zero attached hydrogens (tertiary/aromatic N) is 4. The summed E-state index contributed by atoms with van der Waals surface area (Å²) in [7, 11) is 1.91. The Morgan fingerprint density at radius 1 is 1.03 bits per heavy atom. The molecule has 0 aliphatic heterocycles. The number of hydrogen-bond acceptors (Lipinski definition) is 5. The summed E-state index contributed by atoms with van der Waals surface area (Å²) in [5.41, 5.74) is 5.79. The van der Waals surface area contributed by atoms with Crippen molar-refractivity contribution in [1.82, 2.24) is 19.7 Å². The van der Waals surface area contributed by atoms with Crippen LogP contribution in [0.5, 0.6) is 0 Å². The molecule has 0 unspecified atom stereocenters. The first kappa shape index (κ1) is 20.9. The molecule has 6 nitrogen and oxygen atoms in total. The standard InChI is InChI=1S/C26H24FN5O/c1-15-14-33-26-22(15)9-20(10-23(26)27)24-11-25(31-17(3)30-24)29-16(2)18-6-5-7-19(8-18)21-12-28-32(4)13-21/h5-14,16H,1-4H3,(H,29,30,31)/t16-/m0/s1. The smallest absolute Gasteiger partial charge is 0.169 e. The largest absolute Gasteiger partial charge is 0.461 e. The zero-order chi connectivity index (χ0) is 23.1. The Bertz CT molecular complexity index is 1470. The van der Waals surface area contributed by atoms with Crippen LogP contribution in [0.2, 0.25) is 0 Å². The number of fused-ring (bicyclic) bond motifs is 1. The normalized spacial score (nSPS) is 12.3. The molecule has 0 fully saturated rings. The fourth-order valence-electron chi connectivity index (χ4n) is 4.02. The van der Waals surface area contributed by atoms with E-state index >= 15 is 0 Å². The molecule has 3 aromatic heterocycles. The molecule has 3 heterocycles. The van der Waals surface area contributed by atoms with Crippen LogP contribution < -0.4 is 5.32 Å². The maximum atomic E-state index is 14.6. The minimum atomic E-state index is -0.401. The van der Waals surface area contributed by atoms with Gasteiger partial charge in [0.15, 0.2) is 11.4 Å². The monoisotopic (exact) mass is 441 g/mol. The zero-order valence-electron chi connectivity index (χ0n) is 18.9. The fourth-order valence-corrected chi connectivity index (χ4v) is 4.02. The molecule has 0 radical (unpaired) electrons. The summed E-state index contributed by atoms with van der Waals surface area (Å²) < 4.78 is 21.7. The molecular formula is C26H24FN5O. The van der Waals surface area contributed by atoms with E-state index in [4.69, 9.17) is 4.42 Å². The Hall–Kier alpha value is -4.00. The molecular weight excluding hydrogens is 417 g/mol. The average molecular weight is 442 g/mol. The minimum Gasteiger partial charge on any atom is -0.461 e. The molecule has 0 aliphatic carbocycles. The number of aryl methyl sites for hydroxylation is 3. The predicted octanol–water partition coefficient (Wildman–Crippen LogP) is 6.22. The second-order valence-electron chi connectivity index (χ2n) is 8.33. The molecule has 0 aliphatic rings. The Balaban J connectivity index is 1.45. The highest BCUT2D eigenvalue weighted by atomic mass is 19.1. The fraction of sp³-hybridized carbons (Fsp3) is 0.192. The van der Waals surface area contributed by atoms with Crippen molar-refractivity contribution in [1.29, 1.82) is 0 Å². The molecule has 0 saturated heterocycles. The van der Waals surface area contributed by atoms with E-state index in [1.54, 1.807) is 10.9 Å². The molecule has 0 saturated carbocycles. The number of hydrogen-bond donors (Lipinski definition) is 1. The van der Waals surface area contributed by atoms with Crippen molar-refractivity contribution < 1.29 is 8.81 Å². The van der Waals surface area contributed by atoms with E-state index in [-0.39, 0.29) is 11.6 Å². The van der Waals surface area contributed by atoms with E-state index in [9.17, 15) is 4.39 Å². The van der Waals surface area contributed by atoms with Crippen molar-refractivity contribution >= 4 is 16.8 Å². The molecule has 7 heteroatoms. The maximum absolute atomic E-state index is 14.6. The highest BCUT2D eigenvalue weighted by molar-refractivity contribution is 5.86. The molecule has 1 atom stereocenters. The van der Waals surface area contributed by atoms with Gasteiger partial charge in [-0.25, -0.2) is 14.4 Å². The van der Waals surface area contributed by atoms with Gasteiger partial charge in [0, 0.05) is 41.9 Å². The molecule has 0 amide bonds. The zero-order valence-corrected chi connectivity index (χ0v) is 18.9. The van der Waals surface area contributed by atoms with Crippen LogP contribution in [0.25, 0.3) is 33.4 Å². The summed E-state index contributed by atoms with van der Waals surface area (Å²) in [5, 5.41) is 8.48.